The molecule has 0 bridgehead atoms. The largest absolute Gasteiger partial charge is 0.338 e. The Kier molecular flexibility index (Phi) is 5.19. The number of carbonyl (C=O) groups is 1. The average Bonchev–Trinajstić information content (AvgIpc) is 2.55. The molecule has 0 saturated carbocycles. The minimum absolute atomic E-state index is 0.319. The summed E-state index contributed by atoms with van der Waals surface area (Å²) in [5.74, 6) is 1.45. The van der Waals surface area contributed by atoms with Gasteiger partial charge in [-0.1, -0.05) is 35.0 Å². The van der Waals surface area contributed by atoms with Crippen LogP contribution in [-0.2, 0) is 17.8 Å². The van der Waals surface area contributed by atoms with Gasteiger partial charge in [0.05, 0.1) is 0 Å². The Hall–Kier alpha value is -0.870. The van der Waals surface area contributed by atoms with E-state index < -0.39 is 0 Å². The van der Waals surface area contributed by atoms with Crippen LogP contribution < -0.4 is 5.32 Å². The van der Waals surface area contributed by atoms with Crippen LogP contribution in [0.1, 0.15) is 37.3 Å². The maximum Gasteiger partial charge on any atom is 0.223 e. The number of amides is 1. The van der Waals surface area contributed by atoms with Crippen molar-refractivity contribution < 1.29 is 4.79 Å². The monoisotopic (exact) mass is 364 g/mol. The lowest BCUT2D eigenvalue weighted by atomic mass is 9.85. The summed E-state index contributed by atoms with van der Waals surface area (Å²) < 4.78 is 1.13. The van der Waals surface area contributed by atoms with Gasteiger partial charge in [0, 0.05) is 24.0 Å². The molecule has 2 aliphatic heterocycles. The lowest BCUT2D eigenvalue weighted by Crippen LogP contribution is -2.39. The second-order valence-electron chi connectivity index (χ2n) is 6.73. The van der Waals surface area contributed by atoms with Crippen LogP contribution in [0.3, 0.4) is 0 Å². The van der Waals surface area contributed by atoms with E-state index >= 15 is 0 Å². The second kappa shape index (κ2) is 7.14. The highest BCUT2D eigenvalue weighted by Crippen LogP contribution is 2.28. The third-order valence-electron chi connectivity index (χ3n) is 5.20. The van der Waals surface area contributed by atoms with E-state index in [9.17, 15) is 4.79 Å². The van der Waals surface area contributed by atoms with Crippen LogP contribution >= 0.6 is 15.9 Å². The molecule has 1 N–H and O–H groups in total. The number of piperidine rings is 1. The topological polar surface area (TPSA) is 32.3 Å². The zero-order valence-corrected chi connectivity index (χ0v) is 14.9. The van der Waals surface area contributed by atoms with Crippen LogP contribution in [0.5, 0.6) is 0 Å². The van der Waals surface area contributed by atoms with Gasteiger partial charge in [-0.2, -0.15) is 0 Å². The molecule has 0 radical (unpaired) electrons. The maximum absolute atomic E-state index is 12.7. The van der Waals surface area contributed by atoms with Gasteiger partial charge in [0.15, 0.2) is 0 Å². The Bertz CT molecular complexity index is 540. The van der Waals surface area contributed by atoms with Gasteiger partial charge >= 0.3 is 0 Å². The maximum atomic E-state index is 12.7. The molecular weight excluding hydrogens is 340 g/mol. The standard InChI is InChI=1S/C18H25BrN2O/c1-13(15-5-3-8-20-11-15)10-18(22)21-9-7-14-4-2-6-17(19)16(14)12-21/h2,4,6,13,15,20H,3,5,7-12H2,1H3. The number of nitrogens with zero attached hydrogens (tertiary/aromatic N) is 1. The van der Waals surface area contributed by atoms with Crippen LogP contribution in [0.2, 0.25) is 0 Å². The number of benzene rings is 1. The minimum atomic E-state index is 0.319. The van der Waals surface area contributed by atoms with E-state index in [1.165, 1.54) is 24.0 Å². The number of nitrogens with one attached hydrogen (secondary N) is 1. The molecule has 0 spiro atoms. The molecule has 4 heteroatoms. The highest BCUT2D eigenvalue weighted by Gasteiger charge is 2.26. The summed E-state index contributed by atoms with van der Waals surface area (Å²) in [5, 5.41) is 3.46. The van der Waals surface area contributed by atoms with Gasteiger partial charge in [0.25, 0.3) is 0 Å². The summed E-state index contributed by atoms with van der Waals surface area (Å²) >= 11 is 3.63. The Morgan fingerprint density at radius 3 is 3.14 bits per heavy atom. The van der Waals surface area contributed by atoms with Crippen molar-refractivity contribution in [2.45, 2.75) is 39.2 Å². The van der Waals surface area contributed by atoms with Crippen LogP contribution in [0, 0.1) is 11.8 Å². The molecule has 120 valence electrons. The van der Waals surface area contributed by atoms with E-state index in [0.717, 1.165) is 37.1 Å². The predicted octanol–water partition coefficient (Wildman–Crippen LogP) is 3.36. The fraction of sp³-hybridized carbons (Fsp3) is 0.611. The zero-order chi connectivity index (χ0) is 15.5. The van der Waals surface area contributed by atoms with Crippen molar-refractivity contribution in [2.75, 3.05) is 19.6 Å². The molecule has 22 heavy (non-hydrogen) atoms. The molecule has 1 saturated heterocycles. The highest BCUT2D eigenvalue weighted by molar-refractivity contribution is 9.10. The molecular formula is C18H25BrN2O. The molecule has 0 aliphatic carbocycles. The summed E-state index contributed by atoms with van der Waals surface area (Å²) in [6.07, 6.45) is 4.16. The van der Waals surface area contributed by atoms with Crippen molar-refractivity contribution in [1.82, 2.24) is 10.2 Å². The lowest BCUT2D eigenvalue weighted by molar-refractivity contribution is -0.133. The first-order valence-electron chi connectivity index (χ1n) is 8.40. The number of hydrogen-bond donors (Lipinski definition) is 1. The molecule has 2 atom stereocenters. The predicted molar refractivity (Wildman–Crippen MR) is 92.6 cm³/mol. The van der Waals surface area contributed by atoms with E-state index in [0.29, 0.717) is 24.2 Å². The number of hydrogen-bond acceptors (Lipinski definition) is 2. The van der Waals surface area contributed by atoms with Crippen LogP contribution in [-0.4, -0.2) is 30.4 Å². The van der Waals surface area contributed by atoms with Gasteiger partial charge in [-0.25, -0.2) is 0 Å². The first-order chi connectivity index (χ1) is 10.6. The van der Waals surface area contributed by atoms with E-state index in [2.05, 4.69) is 46.4 Å². The fourth-order valence-corrected chi connectivity index (χ4v) is 4.22. The van der Waals surface area contributed by atoms with E-state index in [4.69, 9.17) is 0 Å². The first kappa shape index (κ1) is 16.0. The molecule has 3 rings (SSSR count). The molecule has 2 aliphatic rings. The molecule has 0 aromatic heterocycles. The van der Waals surface area contributed by atoms with Crippen molar-refractivity contribution in [2.24, 2.45) is 11.8 Å². The smallest absolute Gasteiger partial charge is 0.223 e. The summed E-state index contributed by atoms with van der Waals surface area (Å²) in [6, 6.07) is 6.33. The molecule has 1 aromatic carbocycles. The minimum Gasteiger partial charge on any atom is -0.338 e. The molecule has 2 heterocycles. The van der Waals surface area contributed by atoms with Gasteiger partial charge < -0.3 is 10.2 Å². The number of halogens is 1. The van der Waals surface area contributed by atoms with Gasteiger partial charge in [-0.15, -0.1) is 0 Å². The number of fused-ring (bicyclic) bond motifs is 1. The van der Waals surface area contributed by atoms with Crippen LogP contribution in [0.25, 0.3) is 0 Å². The molecule has 1 aromatic rings. The van der Waals surface area contributed by atoms with Gasteiger partial charge in [-0.05, 0) is 61.4 Å². The Balaban J connectivity index is 1.60. The van der Waals surface area contributed by atoms with Crippen LogP contribution in [0.4, 0.5) is 0 Å². The molecule has 1 fully saturated rings. The molecule has 3 nitrogen and oxygen atoms in total. The summed E-state index contributed by atoms with van der Waals surface area (Å²) in [5.41, 5.74) is 2.66. The fourth-order valence-electron chi connectivity index (χ4n) is 3.69. The summed E-state index contributed by atoms with van der Waals surface area (Å²) in [6.45, 7) is 6.06. The van der Waals surface area contributed by atoms with Crippen LogP contribution in [0.15, 0.2) is 22.7 Å². The second-order valence-corrected chi connectivity index (χ2v) is 7.58. The summed E-state index contributed by atoms with van der Waals surface area (Å²) in [7, 11) is 0. The van der Waals surface area contributed by atoms with Crippen molar-refractivity contribution in [3.05, 3.63) is 33.8 Å². The number of carbonyl (C=O) groups excluding carboxylic acids is 1. The highest BCUT2D eigenvalue weighted by atomic mass is 79.9. The normalized spacial score (nSPS) is 23.0. The van der Waals surface area contributed by atoms with Gasteiger partial charge in [-0.3, -0.25) is 4.79 Å². The van der Waals surface area contributed by atoms with Gasteiger partial charge in [0.2, 0.25) is 5.91 Å². The van der Waals surface area contributed by atoms with E-state index in [1.807, 2.05) is 4.90 Å². The van der Waals surface area contributed by atoms with Crippen molar-refractivity contribution >= 4 is 21.8 Å². The third kappa shape index (κ3) is 3.54. The Labute approximate surface area is 141 Å². The zero-order valence-electron chi connectivity index (χ0n) is 13.3. The Morgan fingerprint density at radius 2 is 2.36 bits per heavy atom. The summed E-state index contributed by atoms with van der Waals surface area (Å²) in [4.78, 5) is 14.7. The third-order valence-corrected chi connectivity index (χ3v) is 5.95. The van der Waals surface area contributed by atoms with Crippen molar-refractivity contribution in [1.29, 1.82) is 0 Å². The van der Waals surface area contributed by atoms with Gasteiger partial charge in [0.1, 0.15) is 0 Å². The number of rotatable bonds is 3. The molecule has 1 amide bonds. The van der Waals surface area contributed by atoms with E-state index in [1.54, 1.807) is 0 Å². The quantitative estimate of drug-likeness (QED) is 0.891. The average molecular weight is 365 g/mol. The van der Waals surface area contributed by atoms with E-state index in [-0.39, 0.29) is 0 Å². The SMILES string of the molecule is CC(CC(=O)N1CCc2cccc(Br)c2C1)C1CCCNC1. The first-order valence-corrected chi connectivity index (χ1v) is 9.19. The van der Waals surface area contributed by atoms with Crippen molar-refractivity contribution in [3.8, 4) is 0 Å². The molecule has 2 unspecified atom stereocenters. The van der Waals surface area contributed by atoms with Crippen molar-refractivity contribution in [3.63, 3.8) is 0 Å². The Morgan fingerprint density at radius 1 is 1.50 bits per heavy atom. The lowest BCUT2D eigenvalue weighted by Gasteiger charge is -2.33.